The van der Waals surface area contributed by atoms with E-state index in [4.69, 9.17) is 25.8 Å². The molecule has 1 amide bonds. The molecule has 134 valence electrons. The molecule has 0 saturated carbocycles. The Kier molecular flexibility index (Phi) is 7.56. The van der Waals surface area contributed by atoms with E-state index >= 15 is 0 Å². The van der Waals surface area contributed by atoms with Gasteiger partial charge in [-0.3, -0.25) is 4.79 Å². The summed E-state index contributed by atoms with van der Waals surface area (Å²) in [4.78, 5) is 23.7. The monoisotopic (exact) mass is 383 g/mol. The van der Waals surface area contributed by atoms with Gasteiger partial charge < -0.3 is 19.5 Å². The van der Waals surface area contributed by atoms with Gasteiger partial charge in [0, 0.05) is 0 Å². The van der Waals surface area contributed by atoms with Crippen LogP contribution in [0.4, 0.5) is 0 Å². The summed E-state index contributed by atoms with van der Waals surface area (Å²) in [6, 6.07) is 10.4. The summed E-state index contributed by atoms with van der Waals surface area (Å²) in [5.74, 6) is 0.486. The number of rotatable bonds is 9. The van der Waals surface area contributed by atoms with E-state index in [1.54, 1.807) is 24.3 Å². The van der Waals surface area contributed by atoms with E-state index in [0.29, 0.717) is 34.7 Å². The number of carbonyl (C=O) groups is 2. The number of esters is 1. The van der Waals surface area contributed by atoms with E-state index in [2.05, 4.69) is 5.32 Å². The molecule has 0 unspecified atom stereocenters. The SMILES string of the molecule is CCOc1ccc(OCCNC(=O)COC(=O)c2ccc(Cl)s2)cc1. The Bertz CT molecular complexity index is 701. The molecule has 1 aromatic heterocycles. The van der Waals surface area contributed by atoms with Gasteiger partial charge in [0.1, 0.15) is 23.0 Å². The van der Waals surface area contributed by atoms with Crippen molar-refractivity contribution in [3.8, 4) is 11.5 Å². The molecule has 25 heavy (non-hydrogen) atoms. The molecule has 6 nitrogen and oxygen atoms in total. The van der Waals surface area contributed by atoms with Gasteiger partial charge in [-0.2, -0.15) is 0 Å². The standard InChI is InChI=1S/C17H18ClNO5S/c1-2-22-12-3-5-13(6-4-12)23-10-9-19-16(20)11-24-17(21)14-7-8-15(18)25-14/h3-8H,2,9-11H2,1H3,(H,19,20). The van der Waals surface area contributed by atoms with Crippen LogP contribution < -0.4 is 14.8 Å². The summed E-state index contributed by atoms with van der Waals surface area (Å²) in [6.07, 6.45) is 0. The lowest BCUT2D eigenvalue weighted by Gasteiger charge is -2.09. The van der Waals surface area contributed by atoms with Crippen molar-refractivity contribution in [1.82, 2.24) is 5.32 Å². The molecule has 1 N–H and O–H groups in total. The highest BCUT2D eigenvalue weighted by molar-refractivity contribution is 7.17. The number of ether oxygens (including phenoxy) is 3. The first-order chi connectivity index (χ1) is 12.1. The van der Waals surface area contributed by atoms with Crippen molar-refractivity contribution < 1.29 is 23.8 Å². The second-order valence-corrected chi connectivity index (χ2v) is 6.50. The van der Waals surface area contributed by atoms with Crippen molar-refractivity contribution in [2.45, 2.75) is 6.92 Å². The first-order valence-electron chi connectivity index (χ1n) is 7.63. The molecule has 1 heterocycles. The quantitative estimate of drug-likeness (QED) is 0.532. The van der Waals surface area contributed by atoms with Crippen molar-refractivity contribution in [2.75, 3.05) is 26.4 Å². The van der Waals surface area contributed by atoms with E-state index in [1.165, 1.54) is 0 Å². The summed E-state index contributed by atoms with van der Waals surface area (Å²) < 4.78 is 16.2. The number of hydrogen-bond donors (Lipinski definition) is 1. The molecule has 0 aliphatic heterocycles. The van der Waals surface area contributed by atoms with Crippen LogP contribution in [-0.4, -0.2) is 38.2 Å². The number of halogens is 1. The summed E-state index contributed by atoms with van der Waals surface area (Å²) in [5, 5.41) is 2.61. The molecule has 0 aliphatic carbocycles. The summed E-state index contributed by atoms with van der Waals surface area (Å²) >= 11 is 6.84. The van der Waals surface area contributed by atoms with Crippen LogP contribution in [0.25, 0.3) is 0 Å². The minimum atomic E-state index is -0.572. The Labute approximate surface area is 154 Å². The molecular weight excluding hydrogens is 366 g/mol. The third-order valence-corrected chi connectivity index (χ3v) is 4.15. The van der Waals surface area contributed by atoms with Crippen molar-refractivity contribution >= 4 is 34.8 Å². The van der Waals surface area contributed by atoms with Gasteiger partial charge in [0.25, 0.3) is 5.91 Å². The molecule has 0 radical (unpaired) electrons. The van der Waals surface area contributed by atoms with E-state index in [-0.39, 0.29) is 6.61 Å². The topological polar surface area (TPSA) is 73.9 Å². The number of amides is 1. The van der Waals surface area contributed by atoms with Crippen LogP contribution in [0, 0.1) is 0 Å². The van der Waals surface area contributed by atoms with Crippen molar-refractivity contribution in [3.05, 3.63) is 45.6 Å². The zero-order chi connectivity index (χ0) is 18.1. The third-order valence-electron chi connectivity index (χ3n) is 2.94. The Morgan fingerprint density at radius 3 is 2.36 bits per heavy atom. The van der Waals surface area contributed by atoms with Gasteiger partial charge in [-0.05, 0) is 43.3 Å². The lowest BCUT2D eigenvalue weighted by molar-refractivity contribution is -0.124. The Hall–Kier alpha value is -2.25. The van der Waals surface area contributed by atoms with Gasteiger partial charge in [0.15, 0.2) is 6.61 Å². The van der Waals surface area contributed by atoms with E-state index in [1.807, 2.05) is 19.1 Å². The van der Waals surface area contributed by atoms with Gasteiger partial charge >= 0.3 is 5.97 Å². The van der Waals surface area contributed by atoms with Crippen LogP contribution >= 0.6 is 22.9 Å². The Morgan fingerprint density at radius 2 is 1.76 bits per heavy atom. The molecule has 1 aromatic carbocycles. The average Bonchev–Trinajstić information content (AvgIpc) is 3.05. The Balaban J connectivity index is 1.61. The normalized spacial score (nSPS) is 10.2. The zero-order valence-electron chi connectivity index (χ0n) is 13.6. The van der Waals surface area contributed by atoms with Crippen molar-refractivity contribution in [3.63, 3.8) is 0 Å². The van der Waals surface area contributed by atoms with Gasteiger partial charge in [-0.25, -0.2) is 4.79 Å². The van der Waals surface area contributed by atoms with E-state index in [0.717, 1.165) is 17.1 Å². The number of thiophene rings is 1. The molecule has 0 fully saturated rings. The highest BCUT2D eigenvalue weighted by Gasteiger charge is 2.12. The highest BCUT2D eigenvalue weighted by atomic mass is 35.5. The summed E-state index contributed by atoms with van der Waals surface area (Å²) in [7, 11) is 0. The average molecular weight is 384 g/mol. The zero-order valence-corrected chi connectivity index (χ0v) is 15.2. The molecule has 0 atom stereocenters. The first-order valence-corrected chi connectivity index (χ1v) is 8.82. The number of hydrogen-bond acceptors (Lipinski definition) is 6. The van der Waals surface area contributed by atoms with Crippen LogP contribution in [0.3, 0.4) is 0 Å². The smallest absolute Gasteiger partial charge is 0.348 e. The summed E-state index contributed by atoms with van der Waals surface area (Å²) in [6.45, 7) is 2.77. The lowest BCUT2D eigenvalue weighted by atomic mass is 10.3. The van der Waals surface area contributed by atoms with Crippen LogP contribution in [-0.2, 0) is 9.53 Å². The molecule has 2 aromatic rings. The van der Waals surface area contributed by atoms with Gasteiger partial charge in [0.05, 0.1) is 17.5 Å². The summed E-state index contributed by atoms with van der Waals surface area (Å²) in [5.41, 5.74) is 0. The minimum Gasteiger partial charge on any atom is -0.494 e. The second kappa shape index (κ2) is 9.90. The van der Waals surface area contributed by atoms with Crippen LogP contribution in [0.15, 0.2) is 36.4 Å². The van der Waals surface area contributed by atoms with E-state index < -0.39 is 11.9 Å². The molecular formula is C17H18ClNO5S. The molecule has 0 saturated heterocycles. The van der Waals surface area contributed by atoms with Crippen LogP contribution in [0.5, 0.6) is 11.5 Å². The third kappa shape index (κ3) is 6.64. The predicted octanol–water partition coefficient (Wildman–Crippen LogP) is 3.15. The fourth-order valence-electron chi connectivity index (χ4n) is 1.84. The first kappa shape index (κ1) is 19.1. The van der Waals surface area contributed by atoms with Gasteiger partial charge in [-0.15, -0.1) is 11.3 Å². The number of carbonyl (C=O) groups excluding carboxylic acids is 2. The van der Waals surface area contributed by atoms with Crippen molar-refractivity contribution in [2.24, 2.45) is 0 Å². The fraction of sp³-hybridized carbons (Fsp3) is 0.294. The van der Waals surface area contributed by atoms with Gasteiger partial charge in [0.2, 0.25) is 0 Å². The fourth-order valence-corrected chi connectivity index (χ4v) is 2.77. The highest BCUT2D eigenvalue weighted by Crippen LogP contribution is 2.21. The molecule has 8 heteroatoms. The lowest BCUT2D eigenvalue weighted by Crippen LogP contribution is -2.32. The van der Waals surface area contributed by atoms with E-state index in [9.17, 15) is 9.59 Å². The van der Waals surface area contributed by atoms with Gasteiger partial charge in [-0.1, -0.05) is 11.6 Å². The van der Waals surface area contributed by atoms with Crippen LogP contribution in [0.1, 0.15) is 16.6 Å². The second-order valence-electron chi connectivity index (χ2n) is 4.78. The molecule has 2 rings (SSSR count). The maximum atomic E-state index is 11.7. The Morgan fingerprint density at radius 1 is 1.08 bits per heavy atom. The largest absolute Gasteiger partial charge is 0.494 e. The maximum absolute atomic E-state index is 11.7. The maximum Gasteiger partial charge on any atom is 0.348 e. The van der Waals surface area contributed by atoms with Crippen LogP contribution in [0.2, 0.25) is 4.34 Å². The predicted molar refractivity (Wildman–Crippen MR) is 95.7 cm³/mol. The molecule has 0 aliphatic rings. The molecule has 0 bridgehead atoms. The number of benzene rings is 1. The number of nitrogens with one attached hydrogen (secondary N) is 1. The van der Waals surface area contributed by atoms with Crippen molar-refractivity contribution in [1.29, 1.82) is 0 Å². The minimum absolute atomic E-state index is 0.300. The molecule has 0 spiro atoms.